The first kappa shape index (κ1) is 16.9. The molecule has 2 aliphatic heterocycles. The number of anilines is 1. The summed E-state index contributed by atoms with van der Waals surface area (Å²) in [6.45, 7) is 0.632. The van der Waals surface area contributed by atoms with Gasteiger partial charge in [-0.05, 0) is 37.6 Å². The Morgan fingerprint density at radius 1 is 1.00 bits per heavy atom. The first-order chi connectivity index (χ1) is 12.7. The molecule has 4 heteroatoms. The molecule has 26 heavy (non-hydrogen) atoms. The number of hydrogen-bond donors (Lipinski definition) is 1. The molecule has 1 fully saturated rings. The summed E-state index contributed by atoms with van der Waals surface area (Å²) < 4.78 is 0. The third kappa shape index (κ3) is 3.51. The number of nitrogens with one attached hydrogen (secondary N) is 1. The van der Waals surface area contributed by atoms with E-state index in [4.69, 9.17) is 0 Å². The van der Waals surface area contributed by atoms with Crippen LogP contribution < -0.4 is 5.32 Å². The zero-order chi connectivity index (χ0) is 17.9. The van der Waals surface area contributed by atoms with E-state index in [1.165, 1.54) is 0 Å². The molecule has 0 aliphatic carbocycles. The fraction of sp³-hybridized carbons (Fsp3) is 0.318. The van der Waals surface area contributed by atoms with Crippen LogP contribution in [0.3, 0.4) is 0 Å². The van der Waals surface area contributed by atoms with E-state index in [0.717, 1.165) is 24.1 Å². The van der Waals surface area contributed by atoms with Crippen LogP contribution in [0.1, 0.15) is 18.4 Å². The smallest absolute Gasteiger partial charge is 0.317 e. The molecular formula is C22H25N3O. The summed E-state index contributed by atoms with van der Waals surface area (Å²) in [4.78, 5) is 17.5. The van der Waals surface area contributed by atoms with Gasteiger partial charge in [-0.3, -0.25) is 4.90 Å². The lowest BCUT2D eigenvalue weighted by Crippen LogP contribution is -2.51. The van der Waals surface area contributed by atoms with E-state index in [0.29, 0.717) is 18.6 Å². The number of likely N-dealkylation sites (N-methyl/N-ethyl adjacent to an activating group) is 1. The van der Waals surface area contributed by atoms with Crippen LogP contribution in [0, 0.1) is 0 Å². The molecule has 0 radical (unpaired) electrons. The highest BCUT2D eigenvalue weighted by Crippen LogP contribution is 2.32. The molecule has 2 bridgehead atoms. The highest BCUT2D eigenvalue weighted by Gasteiger charge is 2.38. The average molecular weight is 347 g/mol. The quantitative estimate of drug-likeness (QED) is 0.845. The van der Waals surface area contributed by atoms with Crippen molar-refractivity contribution in [2.75, 3.05) is 12.4 Å². The first-order valence-electron chi connectivity index (χ1n) is 9.27. The van der Waals surface area contributed by atoms with E-state index in [-0.39, 0.29) is 12.1 Å². The lowest BCUT2D eigenvalue weighted by molar-refractivity contribution is 0.100. The third-order valence-corrected chi connectivity index (χ3v) is 5.55. The Bertz CT molecular complexity index is 758. The number of fused-ring (bicyclic) bond motifs is 2. The molecule has 3 atom stereocenters. The maximum Gasteiger partial charge on any atom is 0.322 e. The van der Waals surface area contributed by atoms with Crippen LogP contribution in [0.2, 0.25) is 0 Å². The van der Waals surface area contributed by atoms with Crippen molar-refractivity contribution in [3.63, 3.8) is 0 Å². The number of nitrogens with zero attached hydrogens (tertiary/aromatic N) is 2. The van der Waals surface area contributed by atoms with Gasteiger partial charge in [0, 0.05) is 30.4 Å². The average Bonchev–Trinajstić information content (AvgIpc) is 2.88. The van der Waals surface area contributed by atoms with Crippen molar-refractivity contribution in [2.24, 2.45) is 0 Å². The molecule has 4 nitrogen and oxygen atoms in total. The van der Waals surface area contributed by atoms with Gasteiger partial charge < -0.3 is 10.2 Å². The van der Waals surface area contributed by atoms with Gasteiger partial charge in [-0.1, -0.05) is 60.7 Å². The van der Waals surface area contributed by atoms with Crippen molar-refractivity contribution in [2.45, 2.75) is 37.5 Å². The predicted molar refractivity (Wildman–Crippen MR) is 105 cm³/mol. The van der Waals surface area contributed by atoms with E-state index in [1.807, 2.05) is 53.4 Å². The topological polar surface area (TPSA) is 35.6 Å². The summed E-state index contributed by atoms with van der Waals surface area (Å²) in [5, 5.41) is 3.07. The van der Waals surface area contributed by atoms with Gasteiger partial charge in [0.1, 0.15) is 0 Å². The maximum absolute atomic E-state index is 13.1. The second kappa shape index (κ2) is 7.34. The van der Waals surface area contributed by atoms with Gasteiger partial charge in [0.25, 0.3) is 0 Å². The number of carbonyl (C=O) groups excluding carboxylic acids is 1. The lowest BCUT2D eigenvalue weighted by Gasteiger charge is -2.42. The van der Waals surface area contributed by atoms with Gasteiger partial charge in [-0.2, -0.15) is 0 Å². The van der Waals surface area contributed by atoms with E-state index < -0.39 is 0 Å². The summed E-state index contributed by atoms with van der Waals surface area (Å²) in [6, 6.07) is 21.0. The molecule has 2 aliphatic rings. The summed E-state index contributed by atoms with van der Waals surface area (Å²) in [6.07, 6.45) is 6.55. The number of piperidine rings is 1. The lowest BCUT2D eigenvalue weighted by atomic mass is 9.95. The number of benzene rings is 2. The second-order valence-corrected chi connectivity index (χ2v) is 7.22. The fourth-order valence-corrected chi connectivity index (χ4v) is 4.04. The Hall–Kier alpha value is -2.59. The molecule has 2 aromatic rings. The summed E-state index contributed by atoms with van der Waals surface area (Å²) in [5.41, 5.74) is 2.00. The SMILES string of the molecule is CN1[C@@H]2C=C[C@H]1CC(N(Cc1ccccc1)C(=O)Nc1ccccc1)C2. The Kier molecular flexibility index (Phi) is 4.76. The van der Waals surface area contributed by atoms with Crippen molar-refractivity contribution in [1.29, 1.82) is 0 Å². The Labute approximate surface area is 155 Å². The minimum Gasteiger partial charge on any atom is -0.317 e. The fourth-order valence-electron chi connectivity index (χ4n) is 4.04. The van der Waals surface area contributed by atoms with Crippen LogP contribution in [0.4, 0.5) is 10.5 Å². The zero-order valence-electron chi connectivity index (χ0n) is 15.1. The molecule has 0 aromatic heterocycles. The van der Waals surface area contributed by atoms with E-state index in [9.17, 15) is 4.79 Å². The standard InChI is InChI=1S/C22H25N3O/c1-24-19-12-13-20(24)15-21(14-19)25(16-17-8-4-2-5-9-17)22(26)23-18-10-6-3-7-11-18/h2-13,19-21H,14-16H2,1H3,(H,23,26)/t19-,20+,21?. The predicted octanol–water partition coefficient (Wildman–Crippen LogP) is 4.12. The Balaban J connectivity index is 1.54. The van der Waals surface area contributed by atoms with Gasteiger partial charge in [0.15, 0.2) is 0 Å². The maximum atomic E-state index is 13.1. The molecule has 0 saturated carbocycles. The molecular weight excluding hydrogens is 322 g/mol. The van der Waals surface area contributed by atoms with Crippen molar-refractivity contribution in [3.05, 3.63) is 78.4 Å². The van der Waals surface area contributed by atoms with Crippen LogP contribution in [-0.2, 0) is 6.54 Å². The van der Waals surface area contributed by atoms with Gasteiger partial charge in [-0.15, -0.1) is 0 Å². The van der Waals surface area contributed by atoms with Crippen molar-refractivity contribution in [3.8, 4) is 0 Å². The Morgan fingerprint density at radius 3 is 2.19 bits per heavy atom. The molecule has 0 spiro atoms. The molecule has 4 rings (SSSR count). The highest BCUT2D eigenvalue weighted by molar-refractivity contribution is 5.89. The number of carbonyl (C=O) groups is 1. The van der Waals surface area contributed by atoms with Crippen molar-refractivity contribution < 1.29 is 4.79 Å². The molecule has 1 unspecified atom stereocenters. The molecule has 2 aromatic carbocycles. The van der Waals surface area contributed by atoms with Crippen LogP contribution in [0.25, 0.3) is 0 Å². The molecule has 1 saturated heterocycles. The van der Waals surface area contributed by atoms with Crippen LogP contribution in [0.15, 0.2) is 72.8 Å². The number of hydrogen-bond acceptors (Lipinski definition) is 2. The van der Waals surface area contributed by atoms with Gasteiger partial charge in [0.2, 0.25) is 0 Å². The highest BCUT2D eigenvalue weighted by atomic mass is 16.2. The van der Waals surface area contributed by atoms with Crippen molar-refractivity contribution in [1.82, 2.24) is 9.80 Å². The third-order valence-electron chi connectivity index (χ3n) is 5.55. The summed E-state index contributed by atoms with van der Waals surface area (Å²) >= 11 is 0. The normalized spacial score (nSPS) is 24.4. The molecule has 1 N–H and O–H groups in total. The number of para-hydroxylation sites is 1. The van der Waals surface area contributed by atoms with Gasteiger partial charge >= 0.3 is 6.03 Å². The van der Waals surface area contributed by atoms with Crippen molar-refractivity contribution >= 4 is 11.7 Å². The molecule has 134 valence electrons. The number of urea groups is 1. The van der Waals surface area contributed by atoms with E-state index >= 15 is 0 Å². The van der Waals surface area contributed by atoms with Crippen LogP contribution >= 0.6 is 0 Å². The monoisotopic (exact) mass is 347 g/mol. The molecule has 2 amide bonds. The summed E-state index contributed by atoms with van der Waals surface area (Å²) in [7, 11) is 2.18. The Morgan fingerprint density at radius 2 is 1.58 bits per heavy atom. The first-order valence-corrected chi connectivity index (χ1v) is 9.27. The second-order valence-electron chi connectivity index (χ2n) is 7.22. The minimum atomic E-state index is -0.0194. The van der Waals surface area contributed by atoms with E-state index in [2.05, 4.69) is 41.5 Å². The van der Waals surface area contributed by atoms with Gasteiger partial charge in [0.05, 0.1) is 0 Å². The van der Waals surface area contributed by atoms with Crippen LogP contribution in [0.5, 0.6) is 0 Å². The number of rotatable bonds is 4. The summed E-state index contributed by atoms with van der Waals surface area (Å²) in [5.74, 6) is 0. The number of amides is 2. The minimum absolute atomic E-state index is 0.0194. The largest absolute Gasteiger partial charge is 0.322 e. The zero-order valence-corrected chi connectivity index (χ0v) is 15.1. The van der Waals surface area contributed by atoms with Crippen LogP contribution in [-0.4, -0.2) is 41.0 Å². The van der Waals surface area contributed by atoms with E-state index in [1.54, 1.807) is 0 Å². The molecule has 2 heterocycles. The van der Waals surface area contributed by atoms with Gasteiger partial charge in [-0.25, -0.2) is 4.79 Å².